The quantitative estimate of drug-likeness (QED) is 0.885. The summed E-state index contributed by atoms with van der Waals surface area (Å²) in [5, 5.41) is 4.03. The smallest absolute Gasteiger partial charge is 0.226 e. The van der Waals surface area contributed by atoms with E-state index in [0.717, 1.165) is 37.6 Å². The predicted octanol–water partition coefficient (Wildman–Crippen LogP) is 1.88. The van der Waals surface area contributed by atoms with Gasteiger partial charge in [0.2, 0.25) is 5.91 Å². The fourth-order valence-corrected chi connectivity index (χ4v) is 2.89. The van der Waals surface area contributed by atoms with Crippen LogP contribution in [0.4, 0.5) is 0 Å². The minimum Gasteiger partial charge on any atom is -0.340 e. The molecule has 96 valence electrons. The van der Waals surface area contributed by atoms with Crippen molar-refractivity contribution in [3.05, 3.63) is 34.9 Å². The maximum absolute atomic E-state index is 12.3. The van der Waals surface area contributed by atoms with Crippen molar-refractivity contribution in [2.24, 2.45) is 5.92 Å². The lowest BCUT2D eigenvalue weighted by molar-refractivity contribution is -0.133. The Bertz CT molecular complexity index is 457. The van der Waals surface area contributed by atoms with E-state index in [-0.39, 0.29) is 5.92 Å². The first-order valence-corrected chi connectivity index (χ1v) is 6.88. The molecule has 0 spiro atoms. The lowest BCUT2D eigenvalue weighted by atomic mass is 10.1. The maximum Gasteiger partial charge on any atom is 0.226 e. The first-order chi connectivity index (χ1) is 8.75. The van der Waals surface area contributed by atoms with Crippen LogP contribution < -0.4 is 5.32 Å². The van der Waals surface area contributed by atoms with Gasteiger partial charge in [0.05, 0.1) is 0 Å². The van der Waals surface area contributed by atoms with Crippen molar-refractivity contribution in [3.63, 3.8) is 0 Å². The molecule has 1 aliphatic heterocycles. The molecule has 3 nitrogen and oxygen atoms in total. The van der Waals surface area contributed by atoms with Gasteiger partial charge in [0.25, 0.3) is 0 Å². The monoisotopic (exact) mass is 264 g/mol. The van der Waals surface area contributed by atoms with Crippen LogP contribution in [0.5, 0.6) is 0 Å². The average molecular weight is 265 g/mol. The number of hydrogen-bond acceptors (Lipinski definition) is 2. The highest BCUT2D eigenvalue weighted by molar-refractivity contribution is 6.30. The Kier molecular flexibility index (Phi) is 3.27. The Labute approximate surface area is 112 Å². The zero-order chi connectivity index (χ0) is 12.5. The molecule has 1 saturated carbocycles. The van der Waals surface area contributed by atoms with Crippen LogP contribution in [0.3, 0.4) is 0 Å². The molecule has 1 aliphatic carbocycles. The van der Waals surface area contributed by atoms with Crippen LogP contribution in [0.1, 0.15) is 17.9 Å². The third-order valence-electron chi connectivity index (χ3n) is 3.81. The van der Waals surface area contributed by atoms with Gasteiger partial charge in [-0.2, -0.15) is 0 Å². The van der Waals surface area contributed by atoms with Crippen LogP contribution in [0.15, 0.2) is 24.3 Å². The number of rotatable bonds is 2. The topological polar surface area (TPSA) is 32.3 Å². The molecule has 1 heterocycles. The SMILES string of the molecule is O=C(C1CC1c1cccc(Cl)c1)N1CCNCC1. The summed E-state index contributed by atoms with van der Waals surface area (Å²) in [6.45, 7) is 3.52. The second kappa shape index (κ2) is 4.90. The van der Waals surface area contributed by atoms with Gasteiger partial charge in [-0.15, -0.1) is 0 Å². The molecule has 2 unspecified atom stereocenters. The molecule has 1 aromatic carbocycles. The molecular formula is C14H17ClN2O. The van der Waals surface area contributed by atoms with Crippen molar-refractivity contribution < 1.29 is 4.79 Å². The van der Waals surface area contributed by atoms with E-state index in [2.05, 4.69) is 11.4 Å². The highest BCUT2D eigenvalue weighted by Gasteiger charge is 2.45. The molecule has 1 saturated heterocycles. The van der Waals surface area contributed by atoms with Gasteiger partial charge in [-0.1, -0.05) is 23.7 Å². The van der Waals surface area contributed by atoms with Crippen molar-refractivity contribution in [2.45, 2.75) is 12.3 Å². The number of benzene rings is 1. The Balaban J connectivity index is 1.64. The molecule has 4 heteroatoms. The van der Waals surface area contributed by atoms with Crippen LogP contribution in [-0.4, -0.2) is 37.0 Å². The summed E-state index contributed by atoms with van der Waals surface area (Å²) < 4.78 is 0. The van der Waals surface area contributed by atoms with E-state index in [1.165, 1.54) is 5.56 Å². The van der Waals surface area contributed by atoms with E-state index in [9.17, 15) is 4.79 Å². The summed E-state index contributed by atoms with van der Waals surface area (Å²) in [6.07, 6.45) is 0.975. The normalized spacial score (nSPS) is 27.1. The minimum absolute atomic E-state index is 0.182. The van der Waals surface area contributed by atoms with Crippen molar-refractivity contribution in [3.8, 4) is 0 Å². The van der Waals surface area contributed by atoms with Gasteiger partial charge in [0.15, 0.2) is 0 Å². The van der Waals surface area contributed by atoms with E-state index in [4.69, 9.17) is 11.6 Å². The Morgan fingerprint density at radius 3 is 2.83 bits per heavy atom. The summed E-state index contributed by atoms with van der Waals surface area (Å²) >= 11 is 5.99. The average Bonchev–Trinajstić information content (AvgIpc) is 3.19. The van der Waals surface area contributed by atoms with Crippen molar-refractivity contribution in [1.29, 1.82) is 0 Å². The Hall–Kier alpha value is -1.06. The van der Waals surface area contributed by atoms with E-state index < -0.39 is 0 Å². The molecule has 18 heavy (non-hydrogen) atoms. The van der Waals surface area contributed by atoms with Gasteiger partial charge >= 0.3 is 0 Å². The fourth-order valence-electron chi connectivity index (χ4n) is 2.69. The van der Waals surface area contributed by atoms with Crippen molar-refractivity contribution in [2.75, 3.05) is 26.2 Å². The van der Waals surface area contributed by atoms with Gasteiger partial charge in [-0.25, -0.2) is 0 Å². The number of halogens is 1. The van der Waals surface area contributed by atoms with Crippen LogP contribution in [0.25, 0.3) is 0 Å². The molecule has 2 fully saturated rings. The van der Waals surface area contributed by atoms with Gasteiger partial charge in [0, 0.05) is 37.1 Å². The summed E-state index contributed by atoms with van der Waals surface area (Å²) in [6, 6.07) is 7.89. The molecule has 2 atom stereocenters. The molecule has 0 bridgehead atoms. The second-order valence-electron chi connectivity index (χ2n) is 5.08. The highest BCUT2D eigenvalue weighted by Crippen LogP contribution is 2.48. The Morgan fingerprint density at radius 1 is 1.33 bits per heavy atom. The van der Waals surface area contributed by atoms with E-state index in [1.807, 2.05) is 23.1 Å². The third-order valence-corrected chi connectivity index (χ3v) is 4.05. The van der Waals surface area contributed by atoms with Gasteiger partial charge in [-0.05, 0) is 30.0 Å². The van der Waals surface area contributed by atoms with Crippen molar-refractivity contribution >= 4 is 17.5 Å². The van der Waals surface area contributed by atoms with Gasteiger partial charge < -0.3 is 10.2 Å². The molecule has 1 amide bonds. The summed E-state index contributed by atoms with van der Waals surface area (Å²) in [5.74, 6) is 0.883. The zero-order valence-electron chi connectivity index (χ0n) is 10.2. The fraction of sp³-hybridized carbons (Fsp3) is 0.500. The summed E-state index contributed by atoms with van der Waals surface area (Å²) in [7, 11) is 0. The van der Waals surface area contributed by atoms with Crippen LogP contribution in [0.2, 0.25) is 5.02 Å². The number of carbonyl (C=O) groups excluding carboxylic acids is 1. The minimum atomic E-state index is 0.182. The Morgan fingerprint density at radius 2 is 2.11 bits per heavy atom. The number of nitrogens with one attached hydrogen (secondary N) is 1. The molecular weight excluding hydrogens is 248 g/mol. The first-order valence-electron chi connectivity index (χ1n) is 6.50. The molecule has 1 N–H and O–H groups in total. The van der Waals surface area contributed by atoms with Crippen LogP contribution in [0, 0.1) is 5.92 Å². The predicted molar refractivity (Wildman–Crippen MR) is 71.7 cm³/mol. The molecule has 2 aliphatic rings. The van der Waals surface area contributed by atoms with Gasteiger partial charge in [0.1, 0.15) is 0 Å². The number of piperazine rings is 1. The van der Waals surface area contributed by atoms with E-state index >= 15 is 0 Å². The summed E-state index contributed by atoms with van der Waals surface area (Å²) in [4.78, 5) is 14.3. The molecule has 0 aromatic heterocycles. The second-order valence-corrected chi connectivity index (χ2v) is 5.52. The first kappa shape index (κ1) is 12.0. The van der Waals surface area contributed by atoms with E-state index in [0.29, 0.717) is 11.8 Å². The zero-order valence-corrected chi connectivity index (χ0v) is 11.0. The lowest BCUT2D eigenvalue weighted by Gasteiger charge is -2.27. The number of hydrogen-bond donors (Lipinski definition) is 1. The number of carbonyl (C=O) groups is 1. The van der Waals surface area contributed by atoms with Crippen LogP contribution >= 0.6 is 11.6 Å². The number of nitrogens with zero attached hydrogens (tertiary/aromatic N) is 1. The van der Waals surface area contributed by atoms with E-state index in [1.54, 1.807) is 0 Å². The molecule has 3 rings (SSSR count). The van der Waals surface area contributed by atoms with Crippen LogP contribution in [-0.2, 0) is 4.79 Å². The highest BCUT2D eigenvalue weighted by atomic mass is 35.5. The van der Waals surface area contributed by atoms with Gasteiger partial charge in [-0.3, -0.25) is 4.79 Å². The summed E-state index contributed by atoms with van der Waals surface area (Å²) in [5.41, 5.74) is 1.20. The van der Waals surface area contributed by atoms with Crippen molar-refractivity contribution in [1.82, 2.24) is 10.2 Å². The largest absolute Gasteiger partial charge is 0.340 e. The standard InChI is InChI=1S/C14H17ClN2O/c15-11-3-1-2-10(8-11)12-9-13(12)14(18)17-6-4-16-5-7-17/h1-3,8,12-13,16H,4-7,9H2. The number of amides is 1. The molecule has 0 radical (unpaired) electrons. The lowest BCUT2D eigenvalue weighted by Crippen LogP contribution is -2.47. The third kappa shape index (κ3) is 2.38. The maximum atomic E-state index is 12.3. The molecule has 1 aromatic rings.